The van der Waals surface area contributed by atoms with Crippen LogP contribution in [-0.2, 0) is 9.53 Å². The van der Waals surface area contributed by atoms with Gasteiger partial charge in [0.15, 0.2) is 0 Å². The number of thioether (sulfide) groups is 1. The fraction of sp³-hybridized carbons (Fsp3) is 0.136. The Morgan fingerprint density at radius 2 is 1.81 bits per heavy atom. The summed E-state index contributed by atoms with van der Waals surface area (Å²) in [6, 6.07) is 16.2. The second kappa shape index (κ2) is 10.1. The molecule has 0 radical (unpaired) electrons. The molecule has 3 rings (SSSR count). The van der Waals surface area contributed by atoms with Crippen LogP contribution in [0.5, 0.6) is 0 Å². The fourth-order valence-electron chi connectivity index (χ4n) is 2.79. The van der Waals surface area contributed by atoms with Gasteiger partial charge in [-0.05, 0) is 42.8 Å². The Bertz CT molecular complexity index is 1110. The molecule has 4 N–H and O–H groups in total. The van der Waals surface area contributed by atoms with Gasteiger partial charge in [-0.15, -0.1) is 23.1 Å². The van der Waals surface area contributed by atoms with Gasteiger partial charge < -0.3 is 21.1 Å². The maximum absolute atomic E-state index is 12.8. The van der Waals surface area contributed by atoms with Crippen LogP contribution in [-0.4, -0.2) is 30.6 Å². The standard InChI is InChI=1S/C22H21N3O4S2/c1-13-18(22(28)29-2)21(25-17(26)12-30-16-10-6-7-14(23)11-16)31-19(13)20(27)24-15-8-4-3-5-9-15/h3-11H,12,23H2,1-2H3,(H,24,27)(H,25,26). The van der Waals surface area contributed by atoms with E-state index in [4.69, 9.17) is 10.5 Å². The molecule has 0 spiro atoms. The Kier molecular flexibility index (Phi) is 7.32. The number of thiophene rings is 1. The van der Waals surface area contributed by atoms with E-state index in [0.717, 1.165) is 16.2 Å². The number of hydrogen-bond donors (Lipinski definition) is 3. The number of carbonyl (C=O) groups is 3. The van der Waals surface area contributed by atoms with Crippen molar-refractivity contribution in [2.24, 2.45) is 0 Å². The lowest BCUT2D eigenvalue weighted by atomic mass is 10.1. The van der Waals surface area contributed by atoms with E-state index in [9.17, 15) is 14.4 Å². The highest BCUT2D eigenvalue weighted by Gasteiger charge is 2.26. The summed E-state index contributed by atoms with van der Waals surface area (Å²) in [5, 5.41) is 5.81. The summed E-state index contributed by atoms with van der Waals surface area (Å²) in [6.07, 6.45) is 0. The van der Waals surface area contributed by atoms with Crippen LogP contribution in [0.2, 0.25) is 0 Å². The number of anilines is 3. The Hall–Kier alpha value is -3.30. The van der Waals surface area contributed by atoms with Gasteiger partial charge in [0.1, 0.15) is 5.00 Å². The molecule has 0 aliphatic carbocycles. The van der Waals surface area contributed by atoms with Crippen LogP contribution in [0.15, 0.2) is 59.5 Å². The van der Waals surface area contributed by atoms with Crippen molar-refractivity contribution in [3.63, 3.8) is 0 Å². The Morgan fingerprint density at radius 3 is 2.48 bits per heavy atom. The van der Waals surface area contributed by atoms with Crippen LogP contribution in [0.25, 0.3) is 0 Å². The second-order valence-corrected chi connectivity index (χ2v) is 8.55. The smallest absolute Gasteiger partial charge is 0.341 e. The first-order valence-electron chi connectivity index (χ1n) is 9.25. The number of amides is 2. The van der Waals surface area contributed by atoms with E-state index >= 15 is 0 Å². The molecule has 1 aromatic heterocycles. The lowest BCUT2D eigenvalue weighted by Crippen LogP contribution is -2.16. The molecule has 2 amide bonds. The number of carbonyl (C=O) groups excluding carboxylic acids is 3. The molecule has 9 heteroatoms. The lowest BCUT2D eigenvalue weighted by Gasteiger charge is -2.06. The topological polar surface area (TPSA) is 111 Å². The summed E-state index contributed by atoms with van der Waals surface area (Å²) in [5.41, 5.74) is 7.62. The third-order valence-electron chi connectivity index (χ3n) is 4.26. The minimum absolute atomic E-state index is 0.118. The molecule has 7 nitrogen and oxygen atoms in total. The first kappa shape index (κ1) is 22.4. The molecule has 0 aliphatic rings. The highest BCUT2D eigenvalue weighted by Crippen LogP contribution is 2.34. The number of ether oxygens (including phenoxy) is 1. The summed E-state index contributed by atoms with van der Waals surface area (Å²) in [7, 11) is 1.25. The number of para-hydroxylation sites is 1. The average Bonchev–Trinajstić information content (AvgIpc) is 3.08. The summed E-state index contributed by atoms with van der Waals surface area (Å²) in [5.74, 6) is -1.18. The van der Waals surface area contributed by atoms with Gasteiger partial charge in [0.25, 0.3) is 5.91 Å². The molecular weight excluding hydrogens is 434 g/mol. The molecule has 0 atom stereocenters. The summed E-state index contributed by atoms with van der Waals surface area (Å²) < 4.78 is 4.86. The fourth-order valence-corrected chi connectivity index (χ4v) is 4.66. The normalized spacial score (nSPS) is 10.4. The number of hydrogen-bond acceptors (Lipinski definition) is 7. The molecule has 31 heavy (non-hydrogen) atoms. The number of nitrogens with two attached hydrogens (primary N) is 1. The Morgan fingerprint density at radius 1 is 1.06 bits per heavy atom. The van der Waals surface area contributed by atoms with Crippen LogP contribution < -0.4 is 16.4 Å². The minimum atomic E-state index is -0.619. The van der Waals surface area contributed by atoms with E-state index < -0.39 is 5.97 Å². The molecule has 2 aromatic carbocycles. The first-order chi connectivity index (χ1) is 14.9. The van der Waals surface area contributed by atoms with Gasteiger partial charge in [-0.3, -0.25) is 9.59 Å². The SMILES string of the molecule is COC(=O)c1c(NC(=O)CSc2cccc(N)c2)sc(C(=O)Nc2ccccc2)c1C. The molecular formula is C22H21N3O4S2. The van der Waals surface area contributed by atoms with Crippen LogP contribution in [0, 0.1) is 6.92 Å². The van der Waals surface area contributed by atoms with E-state index in [1.807, 2.05) is 18.2 Å². The molecule has 0 unspecified atom stereocenters. The number of methoxy groups -OCH3 is 1. The Labute approximate surface area is 188 Å². The lowest BCUT2D eigenvalue weighted by molar-refractivity contribution is -0.113. The molecule has 0 bridgehead atoms. The third kappa shape index (κ3) is 5.65. The van der Waals surface area contributed by atoms with Crippen molar-refractivity contribution in [1.29, 1.82) is 0 Å². The van der Waals surface area contributed by atoms with Gasteiger partial charge in [-0.2, -0.15) is 0 Å². The molecule has 0 saturated carbocycles. The van der Waals surface area contributed by atoms with Crippen LogP contribution >= 0.6 is 23.1 Å². The van der Waals surface area contributed by atoms with Crippen LogP contribution in [0.4, 0.5) is 16.4 Å². The van der Waals surface area contributed by atoms with E-state index in [1.165, 1.54) is 18.9 Å². The number of esters is 1. The van der Waals surface area contributed by atoms with Gasteiger partial charge in [-0.1, -0.05) is 24.3 Å². The van der Waals surface area contributed by atoms with Crippen molar-refractivity contribution in [3.8, 4) is 0 Å². The quantitative estimate of drug-likeness (QED) is 0.277. The van der Waals surface area contributed by atoms with E-state index in [2.05, 4.69) is 10.6 Å². The predicted molar refractivity (Wildman–Crippen MR) is 125 cm³/mol. The molecule has 0 saturated heterocycles. The van der Waals surface area contributed by atoms with Gasteiger partial charge >= 0.3 is 5.97 Å². The zero-order chi connectivity index (χ0) is 22.4. The van der Waals surface area contributed by atoms with Crippen LogP contribution in [0.1, 0.15) is 25.6 Å². The van der Waals surface area contributed by atoms with Crippen molar-refractivity contribution in [1.82, 2.24) is 0 Å². The number of nitrogen functional groups attached to an aromatic ring is 1. The number of rotatable bonds is 7. The largest absolute Gasteiger partial charge is 0.465 e. The third-order valence-corrected chi connectivity index (χ3v) is 6.45. The molecule has 1 heterocycles. The van der Waals surface area contributed by atoms with Crippen molar-refractivity contribution in [3.05, 3.63) is 70.6 Å². The molecule has 160 valence electrons. The maximum Gasteiger partial charge on any atom is 0.341 e. The second-order valence-electron chi connectivity index (χ2n) is 6.48. The Balaban J connectivity index is 1.78. The summed E-state index contributed by atoms with van der Waals surface area (Å²) >= 11 is 2.35. The van der Waals surface area contributed by atoms with Crippen LogP contribution in [0.3, 0.4) is 0 Å². The monoisotopic (exact) mass is 455 g/mol. The first-order valence-corrected chi connectivity index (χ1v) is 11.1. The summed E-state index contributed by atoms with van der Waals surface area (Å²) in [4.78, 5) is 38.8. The summed E-state index contributed by atoms with van der Waals surface area (Å²) in [6.45, 7) is 1.65. The minimum Gasteiger partial charge on any atom is -0.465 e. The van der Waals surface area contributed by atoms with Gasteiger partial charge in [0.05, 0.1) is 23.3 Å². The van der Waals surface area contributed by atoms with Gasteiger partial charge in [0.2, 0.25) is 5.91 Å². The highest BCUT2D eigenvalue weighted by atomic mass is 32.2. The number of benzene rings is 2. The van der Waals surface area contributed by atoms with Gasteiger partial charge in [0, 0.05) is 16.3 Å². The highest BCUT2D eigenvalue weighted by molar-refractivity contribution is 8.00. The zero-order valence-electron chi connectivity index (χ0n) is 16.9. The zero-order valence-corrected chi connectivity index (χ0v) is 18.6. The van der Waals surface area contributed by atoms with Crippen molar-refractivity contribution >= 4 is 57.3 Å². The predicted octanol–water partition coefficient (Wildman–Crippen LogP) is 4.41. The van der Waals surface area contributed by atoms with E-state index in [1.54, 1.807) is 43.3 Å². The average molecular weight is 456 g/mol. The van der Waals surface area contributed by atoms with E-state index in [0.29, 0.717) is 21.8 Å². The number of nitrogens with one attached hydrogen (secondary N) is 2. The van der Waals surface area contributed by atoms with Crippen molar-refractivity contribution in [2.75, 3.05) is 29.2 Å². The van der Waals surface area contributed by atoms with Crippen molar-refractivity contribution in [2.45, 2.75) is 11.8 Å². The van der Waals surface area contributed by atoms with Gasteiger partial charge in [-0.25, -0.2) is 4.79 Å². The van der Waals surface area contributed by atoms with E-state index in [-0.39, 0.29) is 28.1 Å². The molecule has 3 aromatic rings. The van der Waals surface area contributed by atoms with Crippen molar-refractivity contribution < 1.29 is 19.1 Å². The molecule has 0 aliphatic heterocycles. The maximum atomic E-state index is 12.8. The molecule has 0 fully saturated rings.